The first-order valence-electron chi connectivity index (χ1n) is 8.84. The maximum atomic E-state index is 5.90. The van der Waals surface area contributed by atoms with Gasteiger partial charge in [-0.15, -0.1) is 11.3 Å². The number of imidazole rings is 1. The van der Waals surface area contributed by atoms with Gasteiger partial charge in [-0.3, -0.25) is 14.1 Å². The Morgan fingerprint density at radius 3 is 2.61 bits per heavy atom. The van der Waals surface area contributed by atoms with Gasteiger partial charge in [0.1, 0.15) is 18.1 Å². The molecule has 4 aromatic heterocycles. The molecular weight excluding hydrogens is 370 g/mol. The normalized spacial score (nSPS) is 11.2. The molecule has 28 heavy (non-hydrogen) atoms. The first kappa shape index (κ1) is 16.7. The molecule has 0 atom stereocenters. The lowest BCUT2D eigenvalue weighted by Crippen LogP contribution is -1.95. The summed E-state index contributed by atoms with van der Waals surface area (Å²) in [5.74, 6) is 0.807. The Bertz CT molecular complexity index is 1190. The lowest BCUT2D eigenvalue weighted by atomic mass is 10.0. The van der Waals surface area contributed by atoms with E-state index in [0.717, 1.165) is 38.8 Å². The van der Waals surface area contributed by atoms with Gasteiger partial charge in [-0.05, 0) is 42.0 Å². The van der Waals surface area contributed by atoms with E-state index < -0.39 is 0 Å². The summed E-state index contributed by atoms with van der Waals surface area (Å²) in [6.45, 7) is 0.444. The van der Waals surface area contributed by atoms with Gasteiger partial charge in [0.25, 0.3) is 0 Å². The average Bonchev–Trinajstić information content (AvgIpc) is 3.42. The molecule has 0 saturated heterocycles. The van der Waals surface area contributed by atoms with E-state index in [1.165, 1.54) is 0 Å². The van der Waals surface area contributed by atoms with Crippen LogP contribution in [0.5, 0.6) is 5.75 Å². The van der Waals surface area contributed by atoms with Crippen LogP contribution in [0, 0.1) is 0 Å². The van der Waals surface area contributed by atoms with Gasteiger partial charge in [-0.2, -0.15) is 5.10 Å². The Morgan fingerprint density at radius 1 is 1.00 bits per heavy atom. The van der Waals surface area contributed by atoms with Crippen LogP contribution in [0.1, 0.15) is 5.69 Å². The Hall–Kier alpha value is -3.45. The number of ether oxygens (including phenoxy) is 1. The highest BCUT2D eigenvalue weighted by Crippen LogP contribution is 2.31. The molecule has 0 aliphatic carbocycles. The zero-order valence-electron chi connectivity index (χ0n) is 15.2. The minimum atomic E-state index is 0.444. The van der Waals surface area contributed by atoms with E-state index in [2.05, 4.69) is 15.1 Å². The van der Waals surface area contributed by atoms with Crippen LogP contribution in [0.25, 0.3) is 27.3 Å². The summed E-state index contributed by atoms with van der Waals surface area (Å²) in [6, 6.07) is 12.0. The Balaban J connectivity index is 1.36. The molecule has 5 rings (SSSR count). The minimum absolute atomic E-state index is 0.444. The lowest BCUT2D eigenvalue weighted by Gasteiger charge is -2.06. The second-order valence-corrected chi connectivity index (χ2v) is 7.31. The summed E-state index contributed by atoms with van der Waals surface area (Å²) in [7, 11) is 1.93. The van der Waals surface area contributed by atoms with Crippen LogP contribution in [0.3, 0.4) is 0 Å². The average molecular weight is 387 g/mol. The van der Waals surface area contributed by atoms with Crippen LogP contribution in [-0.2, 0) is 13.7 Å². The van der Waals surface area contributed by atoms with Gasteiger partial charge in [0.05, 0.1) is 5.69 Å². The number of aryl methyl sites for hydroxylation is 1. The SMILES string of the molecule is Cn1cc(-c2ccncc2)c(-c2ccc(OCc3cn4ccsc4n3)cc2)n1. The summed E-state index contributed by atoms with van der Waals surface area (Å²) in [5.41, 5.74) is 5.08. The van der Waals surface area contributed by atoms with E-state index >= 15 is 0 Å². The highest BCUT2D eigenvalue weighted by atomic mass is 32.1. The maximum absolute atomic E-state index is 5.90. The van der Waals surface area contributed by atoms with E-state index in [9.17, 15) is 0 Å². The number of aromatic nitrogens is 5. The molecule has 0 aliphatic heterocycles. The molecule has 138 valence electrons. The predicted octanol–water partition coefficient (Wildman–Crippen LogP) is 4.44. The van der Waals surface area contributed by atoms with Gasteiger partial charge in [0.2, 0.25) is 0 Å². The van der Waals surface area contributed by atoms with Gasteiger partial charge in [-0.25, -0.2) is 4.98 Å². The van der Waals surface area contributed by atoms with E-state index in [0.29, 0.717) is 6.61 Å². The smallest absolute Gasteiger partial charge is 0.193 e. The van der Waals surface area contributed by atoms with Crippen LogP contribution in [0.15, 0.2) is 72.8 Å². The van der Waals surface area contributed by atoms with Crippen molar-refractivity contribution in [2.24, 2.45) is 7.05 Å². The van der Waals surface area contributed by atoms with Crippen LogP contribution in [0.4, 0.5) is 0 Å². The molecule has 0 N–H and O–H groups in total. The quantitative estimate of drug-likeness (QED) is 0.447. The molecule has 0 radical (unpaired) electrons. The maximum Gasteiger partial charge on any atom is 0.193 e. The van der Waals surface area contributed by atoms with Crippen LogP contribution in [-0.4, -0.2) is 24.1 Å². The van der Waals surface area contributed by atoms with Crippen LogP contribution in [0.2, 0.25) is 0 Å². The van der Waals surface area contributed by atoms with Crippen molar-refractivity contribution in [2.45, 2.75) is 6.61 Å². The third kappa shape index (κ3) is 3.16. The van der Waals surface area contributed by atoms with Gasteiger partial charge in [0.15, 0.2) is 4.96 Å². The fourth-order valence-electron chi connectivity index (χ4n) is 3.16. The molecule has 0 fully saturated rings. The summed E-state index contributed by atoms with van der Waals surface area (Å²) in [6.07, 6.45) is 9.61. The Morgan fingerprint density at radius 2 is 1.82 bits per heavy atom. The van der Waals surface area contributed by atoms with Crippen molar-refractivity contribution < 1.29 is 4.74 Å². The monoisotopic (exact) mass is 387 g/mol. The van der Waals surface area contributed by atoms with Crippen LogP contribution >= 0.6 is 11.3 Å². The topological polar surface area (TPSA) is 57.2 Å². The molecule has 4 heterocycles. The third-order valence-electron chi connectivity index (χ3n) is 4.48. The fourth-order valence-corrected chi connectivity index (χ4v) is 3.88. The van der Waals surface area contributed by atoms with Crippen molar-refractivity contribution in [3.05, 3.63) is 78.5 Å². The molecule has 0 aliphatic rings. The first-order chi connectivity index (χ1) is 13.8. The highest BCUT2D eigenvalue weighted by molar-refractivity contribution is 7.15. The van der Waals surface area contributed by atoms with E-state index in [4.69, 9.17) is 4.74 Å². The number of benzene rings is 1. The standard InChI is InChI=1S/C21H17N5OS/c1-25-13-19(15-6-8-22-9-7-15)20(24-25)16-2-4-18(5-3-16)27-14-17-12-26-10-11-28-21(26)23-17/h2-13H,14H2,1H3. The molecule has 0 spiro atoms. The number of pyridine rings is 1. The van der Waals surface area contributed by atoms with Crippen molar-refractivity contribution in [3.8, 4) is 28.1 Å². The molecular formula is C21H17N5OS. The molecule has 0 saturated carbocycles. The van der Waals surface area contributed by atoms with Crippen molar-refractivity contribution >= 4 is 16.3 Å². The number of fused-ring (bicyclic) bond motifs is 1. The second kappa shape index (κ2) is 6.94. The number of hydrogen-bond donors (Lipinski definition) is 0. The van der Waals surface area contributed by atoms with Crippen LogP contribution < -0.4 is 4.74 Å². The van der Waals surface area contributed by atoms with Crippen molar-refractivity contribution in [2.75, 3.05) is 0 Å². The molecule has 0 unspecified atom stereocenters. The number of thiazole rings is 1. The predicted molar refractivity (Wildman–Crippen MR) is 109 cm³/mol. The molecule has 6 nitrogen and oxygen atoms in total. The van der Waals surface area contributed by atoms with Crippen molar-refractivity contribution in [1.82, 2.24) is 24.1 Å². The summed E-state index contributed by atoms with van der Waals surface area (Å²) in [4.78, 5) is 9.62. The summed E-state index contributed by atoms with van der Waals surface area (Å²) < 4.78 is 9.74. The molecule has 0 bridgehead atoms. The molecule has 0 amide bonds. The largest absolute Gasteiger partial charge is 0.487 e. The van der Waals surface area contributed by atoms with Crippen molar-refractivity contribution in [3.63, 3.8) is 0 Å². The number of rotatable bonds is 5. The zero-order valence-corrected chi connectivity index (χ0v) is 16.0. The van der Waals surface area contributed by atoms with Gasteiger partial charge in [-0.1, -0.05) is 0 Å². The lowest BCUT2D eigenvalue weighted by molar-refractivity contribution is 0.302. The molecule has 5 aromatic rings. The summed E-state index contributed by atoms with van der Waals surface area (Å²) >= 11 is 1.61. The van der Waals surface area contributed by atoms with Gasteiger partial charge >= 0.3 is 0 Å². The third-order valence-corrected chi connectivity index (χ3v) is 5.25. The summed E-state index contributed by atoms with van der Waals surface area (Å²) in [5, 5.41) is 6.66. The number of nitrogens with zero attached hydrogens (tertiary/aromatic N) is 5. The first-order valence-corrected chi connectivity index (χ1v) is 9.72. The number of hydrogen-bond acceptors (Lipinski definition) is 5. The van der Waals surface area contributed by atoms with Crippen molar-refractivity contribution in [1.29, 1.82) is 0 Å². The highest BCUT2D eigenvalue weighted by Gasteiger charge is 2.12. The Labute approximate surface area is 165 Å². The van der Waals surface area contributed by atoms with E-state index in [-0.39, 0.29) is 0 Å². The van der Waals surface area contributed by atoms with E-state index in [1.807, 2.05) is 76.5 Å². The molecule has 1 aromatic carbocycles. The molecule has 7 heteroatoms. The Kier molecular flexibility index (Phi) is 4.14. The fraction of sp³-hybridized carbons (Fsp3) is 0.0952. The minimum Gasteiger partial charge on any atom is -0.487 e. The van der Waals surface area contributed by atoms with Gasteiger partial charge in [0, 0.05) is 54.5 Å². The van der Waals surface area contributed by atoms with Gasteiger partial charge < -0.3 is 4.74 Å². The second-order valence-electron chi connectivity index (χ2n) is 6.44. The zero-order chi connectivity index (χ0) is 18.9. The van der Waals surface area contributed by atoms with E-state index in [1.54, 1.807) is 23.7 Å².